The van der Waals surface area contributed by atoms with E-state index in [1.54, 1.807) is 0 Å². The summed E-state index contributed by atoms with van der Waals surface area (Å²) in [5.41, 5.74) is 0. The summed E-state index contributed by atoms with van der Waals surface area (Å²) in [6.07, 6.45) is 0.289. The van der Waals surface area contributed by atoms with Crippen molar-refractivity contribution in [2.24, 2.45) is 0 Å². The molecule has 1 N–H and O–H groups in total. The van der Waals surface area contributed by atoms with Crippen molar-refractivity contribution in [2.75, 3.05) is 13.2 Å². The summed E-state index contributed by atoms with van der Waals surface area (Å²) in [5.74, 6) is 0.845. The second-order valence-electron chi connectivity index (χ2n) is 3.90. The Morgan fingerprint density at radius 1 is 1.29 bits per heavy atom. The second kappa shape index (κ2) is 7.54. The number of para-hydroxylation sites is 1. The number of alkyl carbamates (subject to hydrolysis) is 1. The van der Waals surface area contributed by atoms with Crippen LogP contribution in [-0.2, 0) is 4.74 Å². The molecule has 1 amide bonds. The molecule has 0 spiro atoms. The van der Waals surface area contributed by atoms with Crippen molar-refractivity contribution in [1.82, 2.24) is 5.32 Å². The van der Waals surface area contributed by atoms with Gasteiger partial charge >= 0.3 is 6.09 Å². The van der Waals surface area contributed by atoms with Crippen LogP contribution in [-0.4, -0.2) is 25.3 Å². The Labute approximate surface area is 102 Å². The topological polar surface area (TPSA) is 47.6 Å². The average molecular weight is 237 g/mol. The standard InChI is InChI=1S/C13H19NO3/c1-11(2)17-13(15)14-9-6-10-16-12-7-4-3-5-8-12/h3-5,7-8,11H,6,9-10H2,1-2H3,(H,14,15). The van der Waals surface area contributed by atoms with Crippen LogP contribution in [0, 0.1) is 0 Å². The van der Waals surface area contributed by atoms with E-state index in [-0.39, 0.29) is 12.2 Å². The third kappa shape index (κ3) is 6.45. The van der Waals surface area contributed by atoms with Crippen LogP contribution in [0.5, 0.6) is 5.75 Å². The van der Waals surface area contributed by atoms with Gasteiger partial charge in [-0.3, -0.25) is 0 Å². The largest absolute Gasteiger partial charge is 0.494 e. The molecule has 0 aliphatic rings. The van der Waals surface area contributed by atoms with Gasteiger partial charge in [0, 0.05) is 6.54 Å². The number of carbonyl (C=O) groups excluding carboxylic acids is 1. The summed E-state index contributed by atoms with van der Waals surface area (Å²) in [6, 6.07) is 9.60. The van der Waals surface area contributed by atoms with Gasteiger partial charge in [0.25, 0.3) is 0 Å². The lowest BCUT2D eigenvalue weighted by Gasteiger charge is -2.09. The smallest absolute Gasteiger partial charge is 0.407 e. The van der Waals surface area contributed by atoms with E-state index in [0.717, 1.165) is 12.2 Å². The minimum atomic E-state index is -0.375. The van der Waals surface area contributed by atoms with E-state index in [0.29, 0.717) is 13.2 Å². The summed E-state index contributed by atoms with van der Waals surface area (Å²) < 4.78 is 10.4. The normalized spacial score (nSPS) is 10.1. The van der Waals surface area contributed by atoms with Gasteiger partial charge in [-0.2, -0.15) is 0 Å². The van der Waals surface area contributed by atoms with E-state index in [1.165, 1.54) is 0 Å². The van der Waals surface area contributed by atoms with Crippen molar-refractivity contribution in [3.05, 3.63) is 30.3 Å². The number of rotatable bonds is 6. The van der Waals surface area contributed by atoms with E-state index in [2.05, 4.69) is 5.32 Å². The van der Waals surface area contributed by atoms with Crippen molar-refractivity contribution in [3.63, 3.8) is 0 Å². The van der Waals surface area contributed by atoms with Gasteiger partial charge in [0.15, 0.2) is 0 Å². The first-order chi connectivity index (χ1) is 8.18. The average Bonchev–Trinajstić information content (AvgIpc) is 2.29. The Kier molecular flexibility index (Phi) is 5.93. The maximum absolute atomic E-state index is 11.1. The van der Waals surface area contributed by atoms with Gasteiger partial charge in [-0.05, 0) is 32.4 Å². The van der Waals surface area contributed by atoms with Crippen molar-refractivity contribution in [1.29, 1.82) is 0 Å². The third-order valence-corrected chi connectivity index (χ3v) is 1.95. The van der Waals surface area contributed by atoms with Gasteiger partial charge in [0.05, 0.1) is 12.7 Å². The van der Waals surface area contributed by atoms with Gasteiger partial charge in [-0.25, -0.2) is 4.79 Å². The highest BCUT2D eigenvalue weighted by atomic mass is 16.6. The summed E-state index contributed by atoms with van der Waals surface area (Å²) in [5, 5.41) is 2.66. The number of hydrogen-bond donors (Lipinski definition) is 1. The predicted octanol–water partition coefficient (Wildman–Crippen LogP) is 2.59. The van der Waals surface area contributed by atoms with Crippen molar-refractivity contribution >= 4 is 6.09 Å². The molecule has 94 valence electrons. The van der Waals surface area contributed by atoms with E-state index >= 15 is 0 Å². The predicted molar refractivity (Wildman–Crippen MR) is 66.2 cm³/mol. The Bertz CT molecular complexity index is 325. The lowest BCUT2D eigenvalue weighted by Crippen LogP contribution is -2.28. The molecule has 1 rings (SSSR count). The van der Waals surface area contributed by atoms with E-state index in [9.17, 15) is 4.79 Å². The zero-order valence-electron chi connectivity index (χ0n) is 10.3. The second-order valence-corrected chi connectivity index (χ2v) is 3.90. The van der Waals surface area contributed by atoms with Crippen molar-refractivity contribution < 1.29 is 14.3 Å². The highest BCUT2D eigenvalue weighted by molar-refractivity contribution is 5.67. The Morgan fingerprint density at radius 3 is 2.65 bits per heavy atom. The van der Waals surface area contributed by atoms with Crippen molar-refractivity contribution in [3.8, 4) is 5.75 Å². The maximum Gasteiger partial charge on any atom is 0.407 e. The van der Waals surface area contributed by atoms with Crippen LogP contribution in [0.3, 0.4) is 0 Å². The van der Waals surface area contributed by atoms with Crippen LogP contribution in [0.4, 0.5) is 4.79 Å². The molecule has 0 aliphatic carbocycles. The highest BCUT2D eigenvalue weighted by Gasteiger charge is 2.02. The number of amides is 1. The molecule has 0 saturated heterocycles. The number of carbonyl (C=O) groups is 1. The SMILES string of the molecule is CC(C)OC(=O)NCCCOc1ccccc1. The highest BCUT2D eigenvalue weighted by Crippen LogP contribution is 2.07. The summed E-state index contributed by atoms with van der Waals surface area (Å²) in [6.45, 7) is 4.76. The molecule has 0 unspecified atom stereocenters. The van der Waals surface area contributed by atoms with Gasteiger partial charge in [0.2, 0.25) is 0 Å². The van der Waals surface area contributed by atoms with Gasteiger partial charge in [-0.15, -0.1) is 0 Å². The molecular weight excluding hydrogens is 218 g/mol. The third-order valence-electron chi connectivity index (χ3n) is 1.95. The van der Waals surface area contributed by atoms with E-state index in [1.807, 2.05) is 44.2 Å². The van der Waals surface area contributed by atoms with Gasteiger partial charge in [0.1, 0.15) is 5.75 Å². The molecule has 0 heterocycles. The molecule has 0 saturated carbocycles. The van der Waals surface area contributed by atoms with Crippen molar-refractivity contribution in [2.45, 2.75) is 26.4 Å². The summed E-state index contributed by atoms with van der Waals surface area (Å²) in [7, 11) is 0. The fourth-order valence-electron chi connectivity index (χ4n) is 1.23. The van der Waals surface area contributed by atoms with E-state index in [4.69, 9.17) is 9.47 Å². The fraction of sp³-hybridized carbons (Fsp3) is 0.462. The maximum atomic E-state index is 11.1. The Balaban J connectivity index is 2.03. The Hall–Kier alpha value is -1.71. The number of hydrogen-bond acceptors (Lipinski definition) is 3. The van der Waals surface area contributed by atoms with Crippen LogP contribution in [0.2, 0.25) is 0 Å². The zero-order chi connectivity index (χ0) is 12.5. The number of ether oxygens (including phenoxy) is 2. The molecule has 1 aromatic rings. The quantitative estimate of drug-likeness (QED) is 0.773. The molecule has 1 aromatic carbocycles. The Morgan fingerprint density at radius 2 is 2.00 bits per heavy atom. The molecule has 17 heavy (non-hydrogen) atoms. The number of benzene rings is 1. The summed E-state index contributed by atoms with van der Waals surface area (Å²) >= 11 is 0. The fourth-order valence-corrected chi connectivity index (χ4v) is 1.23. The monoisotopic (exact) mass is 237 g/mol. The first-order valence-corrected chi connectivity index (χ1v) is 5.81. The molecule has 0 radical (unpaired) electrons. The van der Waals surface area contributed by atoms with Gasteiger partial charge in [-0.1, -0.05) is 18.2 Å². The minimum absolute atomic E-state index is 0.0874. The minimum Gasteiger partial charge on any atom is -0.494 e. The van der Waals surface area contributed by atoms with Crippen LogP contribution >= 0.6 is 0 Å². The van der Waals surface area contributed by atoms with Crippen LogP contribution in [0.25, 0.3) is 0 Å². The van der Waals surface area contributed by atoms with Crippen LogP contribution in [0.1, 0.15) is 20.3 Å². The zero-order valence-corrected chi connectivity index (χ0v) is 10.3. The van der Waals surface area contributed by atoms with E-state index < -0.39 is 0 Å². The molecule has 4 heteroatoms. The molecule has 0 fully saturated rings. The lowest BCUT2D eigenvalue weighted by molar-refractivity contribution is 0.115. The molecule has 0 aromatic heterocycles. The molecular formula is C13H19NO3. The molecule has 0 aliphatic heterocycles. The molecule has 0 bridgehead atoms. The van der Waals surface area contributed by atoms with Crippen LogP contribution in [0.15, 0.2) is 30.3 Å². The van der Waals surface area contributed by atoms with Gasteiger partial charge < -0.3 is 14.8 Å². The molecule has 4 nitrogen and oxygen atoms in total. The molecule has 0 atom stereocenters. The summed E-state index contributed by atoms with van der Waals surface area (Å²) in [4.78, 5) is 11.1. The lowest BCUT2D eigenvalue weighted by atomic mass is 10.3. The number of nitrogens with one attached hydrogen (secondary N) is 1. The first kappa shape index (κ1) is 13.4. The van der Waals surface area contributed by atoms with Crippen LogP contribution < -0.4 is 10.1 Å². The first-order valence-electron chi connectivity index (χ1n) is 5.81.